The molecular formula is C20H20N2O3S. The first-order chi connectivity index (χ1) is 12.4. The first kappa shape index (κ1) is 18.2. The Morgan fingerprint density at radius 2 is 1.88 bits per heavy atom. The highest BCUT2D eigenvalue weighted by Crippen LogP contribution is 2.23. The number of rotatable bonds is 5. The number of nitrogens with zero attached hydrogens (tertiary/aromatic N) is 2. The first-order valence-electron chi connectivity index (χ1n) is 8.27. The zero-order chi connectivity index (χ0) is 18.7. The molecule has 2 aromatic heterocycles. The van der Waals surface area contributed by atoms with Gasteiger partial charge < -0.3 is 4.74 Å². The van der Waals surface area contributed by atoms with E-state index in [1.165, 1.54) is 22.2 Å². The molecule has 2 heterocycles. The zero-order valence-electron chi connectivity index (χ0n) is 15.0. The van der Waals surface area contributed by atoms with Gasteiger partial charge in [0.2, 0.25) is 0 Å². The van der Waals surface area contributed by atoms with Gasteiger partial charge >= 0.3 is 5.97 Å². The maximum absolute atomic E-state index is 12.2. The number of aromatic nitrogens is 2. The van der Waals surface area contributed by atoms with Crippen LogP contribution in [0.2, 0.25) is 0 Å². The number of carbonyl (C=O) groups excluding carboxylic acids is 1. The maximum Gasteiger partial charge on any atom is 0.316 e. The Morgan fingerprint density at radius 3 is 2.69 bits per heavy atom. The Balaban J connectivity index is 1.62. The van der Waals surface area contributed by atoms with Gasteiger partial charge in [0.15, 0.2) is 0 Å². The van der Waals surface area contributed by atoms with E-state index in [9.17, 15) is 9.59 Å². The summed E-state index contributed by atoms with van der Waals surface area (Å²) in [5.41, 5.74) is 4.07. The van der Waals surface area contributed by atoms with Crippen LogP contribution < -0.4 is 5.56 Å². The van der Waals surface area contributed by atoms with Crippen molar-refractivity contribution in [3.63, 3.8) is 0 Å². The first-order valence-corrected chi connectivity index (χ1v) is 9.25. The molecular weight excluding hydrogens is 348 g/mol. The average Bonchev–Trinajstić information content (AvgIpc) is 2.61. The minimum absolute atomic E-state index is 0.00813. The molecule has 0 unspecified atom stereocenters. The van der Waals surface area contributed by atoms with E-state index in [1.54, 1.807) is 12.3 Å². The number of fused-ring (bicyclic) bond motifs is 1. The standard InChI is InChI=1S/C20H20N2O3S/c1-13-4-6-15(3)17(8-13)26-12-20(24)25-11-16-9-19(23)22-10-14(2)5-7-18(22)21-16/h4-10H,11-12H2,1-3H3. The molecule has 1 aromatic carbocycles. The van der Waals surface area contributed by atoms with E-state index in [4.69, 9.17) is 4.74 Å². The predicted octanol–water partition coefficient (Wildman–Crippen LogP) is 3.46. The van der Waals surface area contributed by atoms with Crippen molar-refractivity contribution in [2.75, 3.05) is 5.75 Å². The van der Waals surface area contributed by atoms with Gasteiger partial charge in [0, 0.05) is 17.2 Å². The number of benzene rings is 1. The summed E-state index contributed by atoms with van der Waals surface area (Å²) in [7, 11) is 0. The van der Waals surface area contributed by atoms with Crippen LogP contribution in [0.5, 0.6) is 0 Å². The van der Waals surface area contributed by atoms with Crippen LogP contribution >= 0.6 is 11.8 Å². The van der Waals surface area contributed by atoms with Crippen LogP contribution in [0.25, 0.3) is 5.65 Å². The predicted molar refractivity (Wildman–Crippen MR) is 103 cm³/mol. The van der Waals surface area contributed by atoms with Crippen molar-refractivity contribution in [1.29, 1.82) is 0 Å². The minimum atomic E-state index is -0.332. The molecule has 0 aliphatic rings. The SMILES string of the molecule is Cc1ccc(C)c(SCC(=O)OCc2cc(=O)n3cc(C)ccc3n2)c1. The Morgan fingerprint density at radius 1 is 1.12 bits per heavy atom. The van der Waals surface area contributed by atoms with Gasteiger partial charge in [0.05, 0.1) is 11.4 Å². The van der Waals surface area contributed by atoms with E-state index < -0.39 is 0 Å². The van der Waals surface area contributed by atoms with Crippen LogP contribution in [0.15, 0.2) is 52.3 Å². The van der Waals surface area contributed by atoms with E-state index in [2.05, 4.69) is 11.1 Å². The third kappa shape index (κ3) is 4.32. The molecule has 0 aliphatic carbocycles. The van der Waals surface area contributed by atoms with Crippen molar-refractivity contribution in [2.45, 2.75) is 32.3 Å². The number of hydrogen-bond donors (Lipinski definition) is 0. The van der Waals surface area contributed by atoms with Crippen LogP contribution in [-0.4, -0.2) is 21.1 Å². The quantitative estimate of drug-likeness (QED) is 0.510. The van der Waals surface area contributed by atoms with Gasteiger partial charge in [-0.2, -0.15) is 0 Å². The third-order valence-corrected chi connectivity index (χ3v) is 5.06. The smallest absolute Gasteiger partial charge is 0.316 e. The number of thioether (sulfide) groups is 1. The van der Waals surface area contributed by atoms with Crippen LogP contribution in [0.3, 0.4) is 0 Å². The van der Waals surface area contributed by atoms with Crippen molar-refractivity contribution >= 4 is 23.4 Å². The summed E-state index contributed by atoms with van der Waals surface area (Å²) in [6, 6.07) is 11.2. The Bertz CT molecular complexity index is 1030. The van der Waals surface area contributed by atoms with Crippen molar-refractivity contribution in [1.82, 2.24) is 9.38 Å². The van der Waals surface area contributed by atoms with E-state index in [1.807, 2.05) is 39.0 Å². The number of esters is 1. The molecule has 5 nitrogen and oxygen atoms in total. The summed E-state index contributed by atoms with van der Waals surface area (Å²) >= 11 is 1.45. The Kier molecular flexibility index (Phi) is 5.42. The van der Waals surface area contributed by atoms with Crippen LogP contribution in [0.1, 0.15) is 22.4 Å². The second kappa shape index (κ2) is 7.74. The lowest BCUT2D eigenvalue weighted by Gasteiger charge is -2.08. The Labute approximate surface area is 156 Å². The minimum Gasteiger partial charge on any atom is -0.459 e. The largest absolute Gasteiger partial charge is 0.459 e. The molecule has 0 amide bonds. The molecule has 0 aliphatic heterocycles. The second-order valence-electron chi connectivity index (χ2n) is 6.24. The highest BCUT2D eigenvalue weighted by molar-refractivity contribution is 8.00. The summed E-state index contributed by atoms with van der Waals surface area (Å²) in [6.07, 6.45) is 1.74. The normalized spacial score (nSPS) is 10.9. The molecule has 3 aromatic rings. The highest BCUT2D eigenvalue weighted by atomic mass is 32.2. The zero-order valence-corrected chi connectivity index (χ0v) is 15.8. The van der Waals surface area contributed by atoms with Gasteiger partial charge in [-0.05, 0) is 44.0 Å². The molecule has 0 fully saturated rings. The van der Waals surface area contributed by atoms with Crippen molar-refractivity contribution in [2.24, 2.45) is 0 Å². The lowest BCUT2D eigenvalue weighted by molar-refractivity contribution is -0.141. The lowest BCUT2D eigenvalue weighted by atomic mass is 10.2. The molecule has 0 radical (unpaired) electrons. The molecule has 0 spiro atoms. The second-order valence-corrected chi connectivity index (χ2v) is 7.26. The van der Waals surface area contributed by atoms with Crippen molar-refractivity contribution < 1.29 is 9.53 Å². The monoisotopic (exact) mass is 368 g/mol. The maximum atomic E-state index is 12.2. The molecule has 0 N–H and O–H groups in total. The van der Waals surface area contributed by atoms with Gasteiger partial charge in [-0.3, -0.25) is 14.0 Å². The molecule has 26 heavy (non-hydrogen) atoms. The van der Waals surface area contributed by atoms with E-state index >= 15 is 0 Å². The number of ether oxygens (including phenoxy) is 1. The number of pyridine rings is 1. The lowest BCUT2D eigenvalue weighted by Crippen LogP contribution is -2.17. The van der Waals surface area contributed by atoms with Gasteiger partial charge in [-0.25, -0.2) is 4.98 Å². The molecule has 0 saturated heterocycles. The molecule has 134 valence electrons. The Hall–Kier alpha value is -2.60. The van der Waals surface area contributed by atoms with E-state index in [-0.39, 0.29) is 23.9 Å². The van der Waals surface area contributed by atoms with E-state index in [0.29, 0.717) is 11.3 Å². The average molecular weight is 368 g/mol. The molecule has 6 heteroatoms. The third-order valence-electron chi connectivity index (χ3n) is 3.93. The van der Waals surface area contributed by atoms with Crippen LogP contribution in [-0.2, 0) is 16.1 Å². The van der Waals surface area contributed by atoms with Crippen molar-refractivity contribution in [3.05, 3.63) is 75.3 Å². The van der Waals surface area contributed by atoms with Crippen molar-refractivity contribution in [3.8, 4) is 0 Å². The summed E-state index contributed by atoms with van der Waals surface area (Å²) in [6.45, 7) is 5.94. The summed E-state index contributed by atoms with van der Waals surface area (Å²) in [5.74, 6) is -0.113. The number of carbonyl (C=O) groups is 1. The van der Waals surface area contributed by atoms with Gasteiger partial charge in [-0.15, -0.1) is 11.8 Å². The van der Waals surface area contributed by atoms with Crippen LogP contribution in [0.4, 0.5) is 0 Å². The number of hydrogen-bond acceptors (Lipinski definition) is 5. The molecule has 0 saturated carbocycles. The topological polar surface area (TPSA) is 60.7 Å². The molecule has 0 atom stereocenters. The summed E-state index contributed by atoms with van der Waals surface area (Å²) in [5, 5.41) is 0. The fourth-order valence-electron chi connectivity index (χ4n) is 2.53. The summed E-state index contributed by atoms with van der Waals surface area (Å²) < 4.78 is 6.76. The number of aryl methyl sites for hydroxylation is 3. The van der Waals surface area contributed by atoms with Gasteiger partial charge in [0.25, 0.3) is 5.56 Å². The van der Waals surface area contributed by atoms with Gasteiger partial charge in [-0.1, -0.05) is 23.8 Å². The fraction of sp³-hybridized carbons (Fsp3) is 0.250. The van der Waals surface area contributed by atoms with Crippen LogP contribution in [0, 0.1) is 20.8 Å². The fourth-order valence-corrected chi connectivity index (χ4v) is 3.45. The molecule has 3 rings (SSSR count). The highest BCUT2D eigenvalue weighted by Gasteiger charge is 2.09. The summed E-state index contributed by atoms with van der Waals surface area (Å²) in [4.78, 5) is 29.6. The molecule has 0 bridgehead atoms. The van der Waals surface area contributed by atoms with E-state index in [0.717, 1.165) is 21.6 Å². The van der Waals surface area contributed by atoms with Gasteiger partial charge in [0.1, 0.15) is 12.3 Å².